The number of aromatic nitrogens is 2. The van der Waals surface area contributed by atoms with E-state index in [-0.39, 0.29) is 5.88 Å². The van der Waals surface area contributed by atoms with Crippen molar-refractivity contribution in [3.8, 4) is 11.6 Å². The molecule has 0 bridgehead atoms. The van der Waals surface area contributed by atoms with E-state index < -0.39 is 0 Å². The van der Waals surface area contributed by atoms with Crippen LogP contribution in [0.4, 0.5) is 0 Å². The number of rotatable bonds is 1. The first-order chi connectivity index (χ1) is 6.70. The lowest BCUT2D eigenvalue weighted by atomic mass is 10.3. The summed E-state index contributed by atoms with van der Waals surface area (Å²) in [5.74, 6) is 0.168. The second-order valence-electron chi connectivity index (χ2n) is 3.05. The molecule has 0 atom stereocenters. The highest BCUT2D eigenvalue weighted by Gasteiger charge is 2.07. The highest BCUT2D eigenvalue weighted by Crippen LogP contribution is 2.20. The molecule has 0 unspecified atom stereocenters. The monoisotopic (exact) mass is 206 g/mol. The lowest BCUT2D eigenvalue weighted by molar-refractivity contribution is 0.438. The van der Waals surface area contributed by atoms with E-state index in [9.17, 15) is 5.11 Å². The summed E-state index contributed by atoms with van der Waals surface area (Å²) in [6, 6.07) is 9.51. The third kappa shape index (κ3) is 1.33. The number of imidazole rings is 1. The predicted molar refractivity (Wildman–Crippen MR) is 57.4 cm³/mol. The molecule has 3 nitrogen and oxygen atoms in total. The maximum Gasteiger partial charge on any atom is 0.217 e. The Bertz CT molecular complexity index is 499. The molecule has 0 amide bonds. The number of nitrogens with one attached hydrogen (secondary N) is 1. The summed E-state index contributed by atoms with van der Waals surface area (Å²) in [6.07, 6.45) is 0. The van der Waals surface area contributed by atoms with Gasteiger partial charge in [-0.1, -0.05) is 18.2 Å². The summed E-state index contributed by atoms with van der Waals surface area (Å²) < 4.78 is 2.11. The van der Waals surface area contributed by atoms with Gasteiger partial charge in [-0.05, 0) is 31.3 Å². The van der Waals surface area contributed by atoms with Gasteiger partial charge in [0.2, 0.25) is 5.88 Å². The first-order valence-corrected chi connectivity index (χ1v) is 4.67. The van der Waals surface area contributed by atoms with E-state index in [0.717, 1.165) is 5.69 Å². The Labute approximate surface area is 86.6 Å². The fraction of sp³-hybridized carbons (Fsp3) is 0.100. The third-order valence-electron chi connectivity index (χ3n) is 2.06. The van der Waals surface area contributed by atoms with Crippen LogP contribution in [-0.2, 0) is 0 Å². The summed E-state index contributed by atoms with van der Waals surface area (Å²) >= 11 is 5.09. The Morgan fingerprint density at radius 3 is 2.43 bits per heavy atom. The van der Waals surface area contributed by atoms with E-state index in [0.29, 0.717) is 10.5 Å². The summed E-state index contributed by atoms with van der Waals surface area (Å²) in [6.45, 7) is 1.78. The Hall–Kier alpha value is -1.55. The van der Waals surface area contributed by atoms with E-state index in [2.05, 4.69) is 4.98 Å². The fourth-order valence-electron chi connectivity index (χ4n) is 1.35. The number of aromatic hydroxyl groups is 1. The highest BCUT2D eigenvalue weighted by atomic mass is 32.1. The summed E-state index contributed by atoms with van der Waals surface area (Å²) in [4.78, 5) is 2.90. The van der Waals surface area contributed by atoms with Gasteiger partial charge in [-0.25, -0.2) is 0 Å². The maximum absolute atomic E-state index is 9.74. The molecule has 0 fully saturated rings. The van der Waals surface area contributed by atoms with Crippen molar-refractivity contribution < 1.29 is 5.11 Å². The van der Waals surface area contributed by atoms with Gasteiger partial charge in [0.15, 0.2) is 4.77 Å². The molecule has 0 radical (unpaired) electrons. The van der Waals surface area contributed by atoms with E-state index in [4.69, 9.17) is 12.2 Å². The van der Waals surface area contributed by atoms with E-state index in [1.54, 1.807) is 11.5 Å². The normalized spacial score (nSPS) is 10.4. The molecule has 0 spiro atoms. The zero-order valence-electron chi connectivity index (χ0n) is 7.69. The lowest BCUT2D eigenvalue weighted by Gasteiger charge is -2.02. The average Bonchev–Trinajstić information content (AvgIpc) is 2.43. The number of nitrogens with zero attached hydrogens (tertiary/aromatic N) is 1. The summed E-state index contributed by atoms with van der Waals surface area (Å²) in [5, 5.41) is 9.74. The molecule has 1 aromatic heterocycles. The van der Waals surface area contributed by atoms with Crippen LogP contribution in [0.25, 0.3) is 5.69 Å². The largest absolute Gasteiger partial charge is 0.493 e. The molecule has 1 aromatic carbocycles. The van der Waals surface area contributed by atoms with E-state index in [1.165, 1.54) is 0 Å². The molecule has 2 N–H and O–H groups in total. The minimum absolute atomic E-state index is 0.168. The Morgan fingerprint density at radius 1 is 1.29 bits per heavy atom. The second kappa shape index (κ2) is 3.31. The maximum atomic E-state index is 9.74. The molecule has 0 aliphatic carbocycles. The zero-order chi connectivity index (χ0) is 10.1. The summed E-state index contributed by atoms with van der Waals surface area (Å²) in [5.41, 5.74) is 1.54. The number of hydrogen-bond donors (Lipinski definition) is 2. The van der Waals surface area contributed by atoms with Crippen LogP contribution in [0.5, 0.6) is 5.88 Å². The molecule has 0 saturated heterocycles. The molecule has 2 aromatic rings. The Balaban J connectivity index is 2.69. The van der Waals surface area contributed by atoms with Crippen molar-refractivity contribution in [3.63, 3.8) is 0 Å². The van der Waals surface area contributed by atoms with Crippen molar-refractivity contribution in [2.24, 2.45) is 0 Å². The number of hydrogen-bond acceptors (Lipinski definition) is 2. The highest BCUT2D eigenvalue weighted by molar-refractivity contribution is 7.71. The number of aryl methyl sites for hydroxylation is 1. The van der Waals surface area contributed by atoms with Crippen LogP contribution < -0.4 is 0 Å². The number of para-hydroxylation sites is 1. The minimum Gasteiger partial charge on any atom is -0.493 e. The molecular formula is C10H10N2OS. The lowest BCUT2D eigenvalue weighted by Crippen LogP contribution is -1.92. The van der Waals surface area contributed by atoms with Gasteiger partial charge in [-0.3, -0.25) is 4.57 Å². The van der Waals surface area contributed by atoms with Gasteiger partial charge in [0.05, 0.1) is 11.4 Å². The van der Waals surface area contributed by atoms with Gasteiger partial charge in [-0.15, -0.1) is 0 Å². The fourth-order valence-corrected chi connectivity index (χ4v) is 1.70. The van der Waals surface area contributed by atoms with Crippen LogP contribution in [0.3, 0.4) is 0 Å². The van der Waals surface area contributed by atoms with Gasteiger partial charge in [0.25, 0.3) is 0 Å². The smallest absolute Gasteiger partial charge is 0.217 e. The van der Waals surface area contributed by atoms with Crippen LogP contribution >= 0.6 is 12.2 Å². The summed E-state index contributed by atoms with van der Waals surface area (Å²) in [7, 11) is 0. The number of H-pyrrole nitrogens is 1. The SMILES string of the molecule is Cc1[nH]c(=S)n(-c2ccccc2)c1O. The first-order valence-electron chi connectivity index (χ1n) is 4.26. The minimum atomic E-state index is 0.168. The van der Waals surface area contributed by atoms with Crippen LogP contribution in [-0.4, -0.2) is 14.7 Å². The topological polar surface area (TPSA) is 41.0 Å². The quantitative estimate of drug-likeness (QED) is 0.704. The molecule has 0 saturated carbocycles. The van der Waals surface area contributed by atoms with Crippen LogP contribution in [0.1, 0.15) is 5.69 Å². The van der Waals surface area contributed by atoms with E-state index in [1.807, 2.05) is 30.3 Å². The molecule has 1 heterocycles. The average molecular weight is 206 g/mol. The molecule has 14 heavy (non-hydrogen) atoms. The van der Waals surface area contributed by atoms with Gasteiger partial charge < -0.3 is 10.1 Å². The molecular weight excluding hydrogens is 196 g/mol. The van der Waals surface area contributed by atoms with Crippen LogP contribution in [0, 0.1) is 11.7 Å². The molecule has 72 valence electrons. The van der Waals surface area contributed by atoms with Gasteiger partial charge in [-0.2, -0.15) is 0 Å². The van der Waals surface area contributed by atoms with Crippen molar-refractivity contribution in [2.75, 3.05) is 0 Å². The molecule has 0 aliphatic rings. The molecule has 0 aliphatic heterocycles. The Kier molecular flexibility index (Phi) is 2.13. The van der Waals surface area contributed by atoms with Crippen molar-refractivity contribution in [1.82, 2.24) is 9.55 Å². The van der Waals surface area contributed by atoms with Crippen LogP contribution in [0.2, 0.25) is 0 Å². The zero-order valence-corrected chi connectivity index (χ0v) is 8.51. The Morgan fingerprint density at radius 2 is 1.93 bits per heavy atom. The van der Waals surface area contributed by atoms with Gasteiger partial charge in [0.1, 0.15) is 0 Å². The van der Waals surface area contributed by atoms with Gasteiger partial charge >= 0.3 is 0 Å². The first kappa shape index (κ1) is 9.02. The van der Waals surface area contributed by atoms with Crippen molar-refractivity contribution >= 4 is 12.2 Å². The molecule has 2 rings (SSSR count). The number of benzene rings is 1. The second-order valence-corrected chi connectivity index (χ2v) is 3.44. The van der Waals surface area contributed by atoms with Crippen molar-refractivity contribution in [3.05, 3.63) is 40.8 Å². The van der Waals surface area contributed by atoms with Crippen molar-refractivity contribution in [1.29, 1.82) is 0 Å². The third-order valence-corrected chi connectivity index (χ3v) is 2.34. The van der Waals surface area contributed by atoms with Gasteiger partial charge in [0, 0.05) is 0 Å². The predicted octanol–water partition coefficient (Wildman–Crippen LogP) is 2.55. The number of aromatic amines is 1. The standard InChI is InChI=1S/C10H10N2OS/c1-7-9(13)12(10(14)11-7)8-5-3-2-4-6-8/h2-6,13H,1H3,(H,11,14). The van der Waals surface area contributed by atoms with Crippen molar-refractivity contribution in [2.45, 2.75) is 6.92 Å². The van der Waals surface area contributed by atoms with E-state index >= 15 is 0 Å². The van der Waals surface area contributed by atoms with Crippen LogP contribution in [0.15, 0.2) is 30.3 Å². The molecule has 4 heteroatoms.